The van der Waals surface area contributed by atoms with Crippen LogP contribution in [0.25, 0.3) is 10.9 Å². The van der Waals surface area contributed by atoms with Crippen molar-refractivity contribution in [3.8, 4) is 11.5 Å². The number of fused-ring (bicyclic) bond motifs is 1. The van der Waals surface area contributed by atoms with E-state index in [0.29, 0.717) is 23.1 Å². The number of aromatic nitrogens is 1. The Morgan fingerprint density at radius 3 is 2.44 bits per heavy atom. The Labute approximate surface area is 151 Å². The van der Waals surface area contributed by atoms with Gasteiger partial charge < -0.3 is 9.47 Å². The number of ether oxygens (including phenoxy) is 2. The Morgan fingerprint density at radius 2 is 1.70 bits per heavy atom. The largest absolute Gasteiger partial charge is 0.492 e. The molecule has 27 heavy (non-hydrogen) atoms. The molecule has 0 aliphatic carbocycles. The fourth-order valence-corrected chi connectivity index (χ4v) is 2.50. The van der Waals surface area contributed by atoms with Gasteiger partial charge in [-0.2, -0.15) is 13.2 Å². The summed E-state index contributed by atoms with van der Waals surface area (Å²) in [5.41, 5.74) is 0.712. The molecule has 0 spiro atoms. The Hall–Kier alpha value is -2.90. The first-order chi connectivity index (χ1) is 12.8. The molecule has 0 fully saturated rings. The molecule has 0 saturated heterocycles. The Morgan fingerprint density at radius 1 is 0.889 bits per heavy atom. The monoisotopic (exact) mass is 383 g/mol. The predicted molar refractivity (Wildman–Crippen MR) is 88.9 cm³/mol. The fraction of sp³-hybridized carbons (Fsp3) is 0.211. The average Bonchev–Trinajstić information content (AvgIpc) is 2.61. The van der Waals surface area contributed by atoms with Gasteiger partial charge in [0.05, 0.1) is 6.61 Å². The van der Waals surface area contributed by atoms with E-state index in [9.17, 15) is 22.0 Å². The van der Waals surface area contributed by atoms with Crippen molar-refractivity contribution in [3.63, 3.8) is 0 Å². The molecule has 0 N–H and O–H groups in total. The lowest BCUT2D eigenvalue weighted by Crippen LogP contribution is -2.19. The number of alkyl halides is 3. The van der Waals surface area contributed by atoms with Crippen molar-refractivity contribution in [1.82, 2.24) is 4.98 Å². The molecule has 8 heteroatoms. The van der Waals surface area contributed by atoms with Crippen LogP contribution in [0.5, 0.6) is 11.5 Å². The molecule has 3 rings (SSSR count). The SMILES string of the molecule is Fc1cc(CCOc2ccnc3c(F)cccc23)ccc1OCC(F)(F)F. The summed E-state index contributed by atoms with van der Waals surface area (Å²) in [6.45, 7) is -1.39. The van der Waals surface area contributed by atoms with Gasteiger partial charge in [-0.05, 0) is 35.9 Å². The fourth-order valence-electron chi connectivity index (χ4n) is 2.50. The summed E-state index contributed by atoms with van der Waals surface area (Å²) < 4.78 is 74.0. The van der Waals surface area contributed by atoms with Gasteiger partial charge in [0.1, 0.15) is 17.1 Å². The van der Waals surface area contributed by atoms with Crippen molar-refractivity contribution in [2.45, 2.75) is 12.6 Å². The normalized spacial score (nSPS) is 11.6. The van der Waals surface area contributed by atoms with Crippen LogP contribution >= 0.6 is 0 Å². The van der Waals surface area contributed by atoms with Crippen LogP contribution in [0.3, 0.4) is 0 Å². The first-order valence-electron chi connectivity index (χ1n) is 7.97. The zero-order valence-electron chi connectivity index (χ0n) is 13.9. The summed E-state index contributed by atoms with van der Waals surface area (Å²) in [7, 11) is 0. The molecular formula is C19H14F5NO2. The number of pyridine rings is 1. The highest BCUT2D eigenvalue weighted by Gasteiger charge is 2.28. The van der Waals surface area contributed by atoms with Gasteiger partial charge >= 0.3 is 6.18 Å². The first-order valence-corrected chi connectivity index (χ1v) is 7.97. The summed E-state index contributed by atoms with van der Waals surface area (Å²) in [6, 6.07) is 9.81. The number of para-hydroxylation sites is 1. The average molecular weight is 383 g/mol. The van der Waals surface area contributed by atoms with E-state index in [-0.39, 0.29) is 12.1 Å². The maximum atomic E-state index is 13.8. The van der Waals surface area contributed by atoms with Crippen LogP contribution in [0, 0.1) is 11.6 Å². The summed E-state index contributed by atoms with van der Waals surface area (Å²) in [5, 5.41) is 0.513. The molecule has 3 aromatic rings. The van der Waals surface area contributed by atoms with E-state index >= 15 is 0 Å². The van der Waals surface area contributed by atoms with Crippen molar-refractivity contribution in [2.75, 3.05) is 13.2 Å². The van der Waals surface area contributed by atoms with E-state index in [1.165, 1.54) is 18.3 Å². The molecule has 0 aliphatic rings. The van der Waals surface area contributed by atoms with Crippen molar-refractivity contribution < 1.29 is 31.4 Å². The molecule has 2 aromatic carbocycles. The topological polar surface area (TPSA) is 31.4 Å². The lowest BCUT2D eigenvalue weighted by Gasteiger charge is -2.11. The van der Waals surface area contributed by atoms with Crippen molar-refractivity contribution in [2.24, 2.45) is 0 Å². The third-order valence-electron chi connectivity index (χ3n) is 3.72. The molecule has 0 unspecified atom stereocenters. The van der Waals surface area contributed by atoms with Crippen LogP contribution in [0.1, 0.15) is 5.56 Å². The van der Waals surface area contributed by atoms with E-state index in [4.69, 9.17) is 4.74 Å². The Balaban J connectivity index is 1.63. The molecule has 0 saturated carbocycles. The molecule has 1 heterocycles. The van der Waals surface area contributed by atoms with Gasteiger partial charge in [0, 0.05) is 18.0 Å². The molecule has 142 valence electrons. The highest BCUT2D eigenvalue weighted by atomic mass is 19.4. The number of hydrogen-bond acceptors (Lipinski definition) is 3. The molecule has 1 aromatic heterocycles. The predicted octanol–water partition coefficient (Wildman–Crippen LogP) is 5.08. The Kier molecular flexibility index (Phi) is 5.43. The molecule has 0 amide bonds. The number of halogens is 5. The first kappa shape index (κ1) is 18.9. The van der Waals surface area contributed by atoms with Gasteiger partial charge in [0.15, 0.2) is 18.2 Å². The van der Waals surface area contributed by atoms with Gasteiger partial charge in [-0.1, -0.05) is 12.1 Å². The van der Waals surface area contributed by atoms with Gasteiger partial charge in [-0.3, -0.25) is 4.98 Å². The molecular weight excluding hydrogens is 369 g/mol. The van der Waals surface area contributed by atoms with Gasteiger partial charge in [0.2, 0.25) is 0 Å². The van der Waals surface area contributed by atoms with Crippen molar-refractivity contribution in [1.29, 1.82) is 0 Å². The van der Waals surface area contributed by atoms with E-state index < -0.39 is 30.2 Å². The highest BCUT2D eigenvalue weighted by Crippen LogP contribution is 2.26. The van der Waals surface area contributed by atoms with Crippen molar-refractivity contribution in [3.05, 3.63) is 65.9 Å². The zero-order chi connectivity index (χ0) is 19.4. The highest BCUT2D eigenvalue weighted by molar-refractivity contribution is 5.85. The van der Waals surface area contributed by atoms with Crippen molar-refractivity contribution >= 4 is 10.9 Å². The second-order valence-corrected chi connectivity index (χ2v) is 5.71. The minimum Gasteiger partial charge on any atom is -0.492 e. The quantitative estimate of drug-likeness (QED) is 0.557. The molecule has 0 radical (unpaired) electrons. The molecule has 0 aliphatic heterocycles. The lowest BCUT2D eigenvalue weighted by molar-refractivity contribution is -0.153. The standard InChI is InChI=1S/C19H14F5NO2/c20-14-3-1-2-13-16(6-8-25-18(13)14)26-9-7-12-4-5-17(15(21)10-12)27-11-19(22,23)24/h1-6,8,10H,7,9,11H2. The zero-order valence-corrected chi connectivity index (χ0v) is 13.9. The number of benzene rings is 2. The van der Waals surface area contributed by atoms with Gasteiger partial charge in [-0.15, -0.1) is 0 Å². The number of rotatable bonds is 6. The molecule has 0 bridgehead atoms. The second-order valence-electron chi connectivity index (χ2n) is 5.71. The Bertz CT molecular complexity index is 943. The molecule has 3 nitrogen and oxygen atoms in total. The van der Waals surface area contributed by atoms with Crippen LogP contribution in [0.15, 0.2) is 48.7 Å². The van der Waals surface area contributed by atoms with E-state index in [1.807, 2.05) is 0 Å². The summed E-state index contributed by atoms with van der Waals surface area (Å²) >= 11 is 0. The van der Waals surface area contributed by atoms with E-state index in [1.54, 1.807) is 18.2 Å². The minimum absolute atomic E-state index is 0.165. The molecule has 0 atom stereocenters. The summed E-state index contributed by atoms with van der Waals surface area (Å²) in [5.74, 6) is -1.37. The minimum atomic E-state index is -4.54. The van der Waals surface area contributed by atoms with E-state index in [0.717, 1.165) is 12.1 Å². The van der Waals surface area contributed by atoms with Gasteiger partial charge in [0.25, 0.3) is 0 Å². The maximum absolute atomic E-state index is 13.8. The lowest BCUT2D eigenvalue weighted by atomic mass is 10.1. The number of hydrogen-bond donors (Lipinski definition) is 0. The smallest absolute Gasteiger partial charge is 0.422 e. The second kappa shape index (κ2) is 7.77. The van der Waals surface area contributed by atoms with Gasteiger partial charge in [-0.25, -0.2) is 8.78 Å². The van der Waals surface area contributed by atoms with Crippen LogP contribution in [-0.4, -0.2) is 24.4 Å². The number of nitrogens with zero attached hydrogens (tertiary/aromatic N) is 1. The van der Waals surface area contributed by atoms with Crippen LogP contribution in [0.4, 0.5) is 22.0 Å². The van der Waals surface area contributed by atoms with Crippen LogP contribution in [-0.2, 0) is 6.42 Å². The van der Waals surface area contributed by atoms with E-state index in [2.05, 4.69) is 9.72 Å². The summed E-state index contributed by atoms with van der Waals surface area (Å²) in [4.78, 5) is 3.97. The van der Waals surface area contributed by atoms with Crippen LogP contribution < -0.4 is 9.47 Å². The third kappa shape index (κ3) is 4.84. The van der Waals surface area contributed by atoms with Crippen LogP contribution in [0.2, 0.25) is 0 Å². The maximum Gasteiger partial charge on any atom is 0.422 e. The summed E-state index contributed by atoms with van der Waals surface area (Å²) in [6.07, 6.45) is -2.81. The third-order valence-corrected chi connectivity index (χ3v) is 3.72.